The van der Waals surface area contributed by atoms with E-state index < -0.39 is 23.4 Å². The van der Waals surface area contributed by atoms with Crippen molar-refractivity contribution in [3.05, 3.63) is 0 Å². The number of hydrogen-bond acceptors (Lipinski definition) is 4. The van der Waals surface area contributed by atoms with Crippen molar-refractivity contribution in [2.45, 2.75) is 25.5 Å². The smallest absolute Gasteiger partial charge is 0.343 e. The lowest BCUT2D eigenvalue weighted by Gasteiger charge is -2.17. The van der Waals surface area contributed by atoms with Crippen LogP contribution in [-0.2, 0) is 9.59 Å². The zero-order valence-electron chi connectivity index (χ0n) is 6.37. The third kappa shape index (κ3) is 1.99. The predicted molar refractivity (Wildman–Crippen MR) is 36.9 cm³/mol. The molecule has 0 aromatic heterocycles. The Hall–Kier alpha value is -0.940. The summed E-state index contributed by atoms with van der Waals surface area (Å²) in [6.45, 7) is 2.22. The Labute approximate surface area is 63.8 Å². The van der Waals surface area contributed by atoms with Gasteiger partial charge in [0.25, 0.3) is 0 Å². The summed E-state index contributed by atoms with van der Waals surface area (Å²) in [5.41, 5.74) is 2.72. The molecular formula is C6H11NO4. The maximum absolute atomic E-state index is 10.9. The molecule has 0 aromatic carbocycles. The van der Waals surface area contributed by atoms with Crippen LogP contribution in [0.15, 0.2) is 0 Å². The minimum Gasteiger partial charge on any atom is -0.479 e. The van der Waals surface area contributed by atoms with Crippen LogP contribution in [0.2, 0.25) is 0 Å². The zero-order chi connectivity index (χ0) is 9.23. The molecule has 11 heavy (non-hydrogen) atoms. The highest BCUT2D eigenvalue weighted by Crippen LogP contribution is 2.06. The number of aliphatic carboxylic acids is 1. The standard InChI is InChI=1S/C6H11NO4/c1-3(7)4(8)6(2,11)5(9)10/h3,11H,7H2,1-2H3,(H,9,10)/t3-,6?/m1/s1. The Kier molecular flexibility index (Phi) is 2.72. The number of aliphatic hydroxyl groups is 1. The number of hydrogen-bond donors (Lipinski definition) is 3. The highest BCUT2D eigenvalue weighted by Gasteiger charge is 2.40. The second-order valence-corrected chi connectivity index (χ2v) is 2.53. The number of rotatable bonds is 3. The van der Waals surface area contributed by atoms with Crippen LogP contribution >= 0.6 is 0 Å². The van der Waals surface area contributed by atoms with Crippen LogP contribution in [0.3, 0.4) is 0 Å². The van der Waals surface area contributed by atoms with Gasteiger partial charge in [-0.05, 0) is 13.8 Å². The molecule has 0 aromatic rings. The molecular weight excluding hydrogens is 150 g/mol. The second-order valence-electron chi connectivity index (χ2n) is 2.53. The van der Waals surface area contributed by atoms with Crippen molar-refractivity contribution in [1.29, 1.82) is 0 Å². The quantitative estimate of drug-likeness (QED) is 0.448. The summed E-state index contributed by atoms with van der Waals surface area (Å²) in [5, 5.41) is 17.3. The van der Waals surface area contributed by atoms with Gasteiger partial charge in [-0.25, -0.2) is 4.79 Å². The number of carboxylic acid groups (broad SMARTS) is 1. The molecule has 0 fully saturated rings. The van der Waals surface area contributed by atoms with Crippen LogP contribution in [0.1, 0.15) is 13.8 Å². The molecule has 0 aliphatic heterocycles. The number of carboxylic acids is 1. The van der Waals surface area contributed by atoms with Crippen LogP contribution in [0.4, 0.5) is 0 Å². The summed E-state index contributed by atoms with van der Waals surface area (Å²) in [5.74, 6) is -2.48. The van der Waals surface area contributed by atoms with E-state index in [1.54, 1.807) is 0 Å². The van der Waals surface area contributed by atoms with Gasteiger partial charge in [0.15, 0.2) is 5.78 Å². The fraction of sp³-hybridized carbons (Fsp3) is 0.667. The molecule has 0 rings (SSSR count). The topological polar surface area (TPSA) is 101 Å². The molecule has 5 heteroatoms. The van der Waals surface area contributed by atoms with Crippen LogP contribution in [0.5, 0.6) is 0 Å². The molecule has 1 unspecified atom stereocenters. The van der Waals surface area contributed by atoms with E-state index in [2.05, 4.69) is 0 Å². The van der Waals surface area contributed by atoms with E-state index in [-0.39, 0.29) is 0 Å². The summed E-state index contributed by atoms with van der Waals surface area (Å²) in [7, 11) is 0. The summed E-state index contributed by atoms with van der Waals surface area (Å²) >= 11 is 0. The van der Waals surface area contributed by atoms with E-state index in [4.69, 9.17) is 15.9 Å². The monoisotopic (exact) mass is 161 g/mol. The summed E-state index contributed by atoms with van der Waals surface area (Å²) < 4.78 is 0. The normalized spacial score (nSPS) is 18.5. The van der Waals surface area contributed by atoms with Gasteiger partial charge in [-0.2, -0.15) is 0 Å². The van der Waals surface area contributed by atoms with Gasteiger partial charge in [0.2, 0.25) is 5.60 Å². The lowest BCUT2D eigenvalue weighted by atomic mass is 9.97. The summed E-state index contributed by atoms with van der Waals surface area (Å²) in [6.07, 6.45) is 0. The van der Waals surface area contributed by atoms with E-state index in [1.807, 2.05) is 0 Å². The minimum absolute atomic E-state index is 0.898. The molecule has 0 radical (unpaired) electrons. The van der Waals surface area contributed by atoms with E-state index in [9.17, 15) is 9.59 Å². The molecule has 0 amide bonds. The lowest BCUT2D eigenvalue weighted by Crippen LogP contribution is -2.50. The third-order valence-electron chi connectivity index (χ3n) is 1.31. The Morgan fingerprint density at radius 3 is 2.00 bits per heavy atom. The number of carbonyl (C=O) groups is 2. The van der Waals surface area contributed by atoms with Gasteiger partial charge in [-0.1, -0.05) is 0 Å². The van der Waals surface area contributed by atoms with Crippen LogP contribution in [-0.4, -0.2) is 33.6 Å². The lowest BCUT2D eigenvalue weighted by molar-refractivity contribution is -0.163. The average molecular weight is 161 g/mol. The Bertz CT molecular complexity index is 185. The van der Waals surface area contributed by atoms with E-state index >= 15 is 0 Å². The van der Waals surface area contributed by atoms with Gasteiger partial charge in [0.05, 0.1) is 6.04 Å². The van der Waals surface area contributed by atoms with Crippen molar-refractivity contribution >= 4 is 11.8 Å². The minimum atomic E-state index is -2.37. The fourth-order valence-electron chi connectivity index (χ4n) is 0.549. The maximum Gasteiger partial charge on any atom is 0.343 e. The average Bonchev–Trinajstić information content (AvgIpc) is 1.85. The highest BCUT2D eigenvalue weighted by atomic mass is 16.4. The van der Waals surface area contributed by atoms with E-state index in [0.717, 1.165) is 6.92 Å². The van der Waals surface area contributed by atoms with Crippen LogP contribution in [0.25, 0.3) is 0 Å². The molecule has 64 valence electrons. The number of ketones is 1. The van der Waals surface area contributed by atoms with Gasteiger partial charge in [0, 0.05) is 0 Å². The van der Waals surface area contributed by atoms with Crippen molar-refractivity contribution in [2.75, 3.05) is 0 Å². The molecule has 0 bridgehead atoms. The molecule has 0 spiro atoms. The first kappa shape index (κ1) is 10.1. The number of nitrogens with two attached hydrogens (primary N) is 1. The maximum atomic E-state index is 10.9. The molecule has 0 saturated heterocycles. The Morgan fingerprint density at radius 1 is 1.55 bits per heavy atom. The largest absolute Gasteiger partial charge is 0.479 e. The first-order valence-corrected chi connectivity index (χ1v) is 3.05. The van der Waals surface area contributed by atoms with Gasteiger partial charge in [0.1, 0.15) is 0 Å². The first-order chi connectivity index (χ1) is 4.80. The predicted octanol–water partition coefficient (Wildman–Crippen LogP) is -1.26. The first-order valence-electron chi connectivity index (χ1n) is 3.05. The van der Waals surface area contributed by atoms with Gasteiger partial charge < -0.3 is 15.9 Å². The van der Waals surface area contributed by atoms with E-state index in [1.165, 1.54) is 6.92 Å². The molecule has 0 saturated carbocycles. The SMILES string of the molecule is C[C@@H](N)C(=O)C(C)(O)C(=O)O. The van der Waals surface area contributed by atoms with Gasteiger partial charge in [-0.3, -0.25) is 4.79 Å². The second kappa shape index (κ2) is 2.98. The van der Waals surface area contributed by atoms with Crippen molar-refractivity contribution in [3.63, 3.8) is 0 Å². The molecule has 5 nitrogen and oxygen atoms in total. The molecule has 0 aliphatic carbocycles. The van der Waals surface area contributed by atoms with Crippen molar-refractivity contribution in [3.8, 4) is 0 Å². The van der Waals surface area contributed by atoms with E-state index in [0.29, 0.717) is 0 Å². The molecule has 0 heterocycles. The van der Waals surface area contributed by atoms with Crippen LogP contribution < -0.4 is 5.73 Å². The Morgan fingerprint density at radius 2 is 1.91 bits per heavy atom. The summed E-state index contributed by atoms with van der Waals surface area (Å²) in [6, 6.07) is -0.971. The number of carbonyl (C=O) groups excluding carboxylic acids is 1. The zero-order valence-corrected chi connectivity index (χ0v) is 6.37. The summed E-state index contributed by atoms with van der Waals surface area (Å²) in [4.78, 5) is 21.1. The Balaban J connectivity index is 4.56. The molecule has 2 atom stereocenters. The van der Waals surface area contributed by atoms with Crippen molar-refractivity contribution in [2.24, 2.45) is 5.73 Å². The third-order valence-corrected chi connectivity index (χ3v) is 1.31. The molecule has 0 aliphatic rings. The van der Waals surface area contributed by atoms with Gasteiger partial charge in [-0.15, -0.1) is 0 Å². The van der Waals surface area contributed by atoms with Gasteiger partial charge >= 0.3 is 5.97 Å². The van der Waals surface area contributed by atoms with Crippen LogP contribution in [0, 0.1) is 0 Å². The van der Waals surface area contributed by atoms with Crippen molar-refractivity contribution in [1.82, 2.24) is 0 Å². The number of Topliss-reactive ketones (excluding diaryl/α,β-unsaturated/α-hetero) is 1. The highest BCUT2D eigenvalue weighted by molar-refractivity contribution is 6.07. The van der Waals surface area contributed by atoms with Crippen molar-refractivity contribution < 1.29 is 19.8 Å². The fourth-order valence-corrected chi connectivity index (χ4v) is 0.549. The molecule has 4 N–H and O–H groups in total.